The van der Waals surface area contributed by atoms with Crippen LogP contribution in [0.1, 0.15) is 5.56 Å². The van der Waals surface area contributed by atoms with E-state index in [1.807, 2.05) is 25.1 Å². The minimum atomic E-state index is -0.710. The van der Waals surface area contributed by atoms with E-state index in [-0.39, 0.29) is 6.61 Å². The summed E-state index contributed by atoms with van der Waals surface area (Å²) >= 11 is 0. The van der Waals surface area contributed by atoms with E-state index in [4.69, 9.17) is 10.5 Å². The summed E-state index contributed by atoms with van der Waals surface area (Å²) in [5.41, 5.74) is 7.60. The van der Waals surface area contributed by atoms with E-state index in [9.17, 15) is 4.79 Å². The molecular weight excluding hydrogens is 154 g/mol. The second-order valence-electron chi connectivity index (χ2n) is 2.48. The molecule has 0 fully saturated rings. The Morgan fingerprint density at radius 2 is 2.17 bits per heavy atom. The lowest BCUT2D eigenvalue weighted by Crippen LogP contribution is -2.11. The van der Waals surface area contributed by atoms with E-state index in [0.717, 1.165) is 5.56 Å². The predicted octanol–water partition coefficient (Wildman–Crippen LogP) is 1.18. The molecule has 1 radical (unpaired) electrons. The lowest BCUT2D eigenvalue weighted by atomic mass is 10.2. The fourth-order valence-electron chi connectivity index (χ4n) is 0.862. The Bertz CT molecular complexity index is 284. The van der Waals surface area contributed by atoms with Gasteiger partial charge in [0.25, 0.3) is 5.91 Å². The second-order valence-corrected chi connectivity index (χ2v) is 2.48. The summed E-state index contributed by atoms with van der Waals surface area (Å²) in [7, 11) is 0. The van der Waals surface area contributed by atoms with Crippen LogP contribution in [0.3, 0.4) is 0 Å². The molecule has 0 aromatic heterocycles. The van der Waals surface area contributed by atoms with E-state index in [2.05, 4.69) is 0 Å². The van der Waals surface area contributed by atoms with E-state index >= 15 is 0 Å². The maximum atomic E-state index is 10.3. The van der Waals surface area contributed by atoms with E-state index in [1.165, 1.54) is 0 Å². The highest BCUT2D eigenvalue weighted by atomic mass is 16.5. The number of ether oxygens (including phenoxy) is 1. The zero-order valence-corrected chi connectivity index (χ0v) is 6.83. The molecule has 0 unspecified atom stereocenters. The van der Waals surface area contributed by atoms with Gasteiger partial charge >= 0.3 is 0 Å². The van der Waals surface area contributed by atoms with Crippen LogP contribution in [0.15, 0.2) is 24.3 Å². The quantitative estimate of drug-likeness (QED) is 0.673. The van der Waals surface area contributed by atoms with Gasteiger partial charge < -0.3 is 4.74 Å². The van der Waals surface area contributed by atoms with Crippen molar-refractivity contribution in [1.29, 1.82) is 0 Å². The van der Waals surface area contributed by atoms with Gasteiger partial charge in [-0.05, 0) is 18.6 Å². The number of hydrogen-bond acceptors (Lipinski definition) is 2. The summed E-state index contributed by atoms with van der Waals surface area (Å²) in [5, 5.41) is 0. The zero-order chi connectivity index (χ0) is 8.97. The Kier molecular flexibility index (Phi) is 2.69. The average molecular weight is 164 g/mol. The summed E-state index contributed by atoms with van der Waals surface area (Å²) < 4.78 is 5.06. The molecule has 1 aromatic rings. The third kappa shape index (κ3) is 2.27. The van der Waals surface area contributed by atoms with Gasteiger partial charge in [0, 0.05) is 0 Å². The molecule has 0 saturated heterocycles. The molecule has 1 rings (SSSR count). The van der Waals surface area contributed by atoms with Gasteiger partial charge in [-0.25, -0.2) is 0 Å². The van der Waals surface area contributed by atoms with Crippen molar-refractivity contribution in [3.63, 3.8) is 0 Å². The van der Waals surface area contributed by atoms with Crippen LogP contribution in [0.2, 0.25) is 0 Å². The molecule has 3 heteroatoms. The molecule has 1 N–H and O–H groups in total. The largest absolute Gasteiger partial charge is 0.483 e. The number of carbonyl (C=O) groups is 1. The van der Waals surface area contributed by atoms with Crippen LogP contribution in [0.25, 0.3) is 0 Å². The van der Waals surface area contributed by atoms with Crippen LogP contribution in [-0.4, -0.2) is 12.5 Å². The van der Waals surface area contributed by atoms with Crippen LogP contribution in [0.5, 0.6) is 5.75 Å². The van der Waals surface area contributed by atoms with Crippen LogP contribution in [0.4, 0.5) is 0 Å². The van der Waals surface area contributed by atoms with Crippen molar-refractivity contribution in [3.8, 4) is 5.75 Å². The highest BCUT2D eigenvalue weighted by Crippen LogP contribution is 2.15. The van der Waals surface area contributed by atoms with Gasteiger partial charge in [0.15, 0.2) is 6.61 Å². The molecule has 0 spiro atoms. The van der Waals surface area contributed by atoms with Gasteiger partial charge in [0.2, 0.25) is 0 Å². The van der Waals surface area contributed by atoms with E-state index < -0.39 is 5.91 Å². The van der Waals surface area contributed by atoms with Crippen molar-refractivity contribution in [2.24, 2.45) is 0 Å². The standard InChI is InChI=1S/C9H10NO2/c1-7-4-2-3-5-8(7)12-6-9(10)11/h2-5,10H,6H2,1H3. The molecule has 0 atom stereocenters. The minimum absolute atomic E-state index is 0.176. The summed E-state index contributed by atoms with van der Waals surface area (Å²) in [4.78, 5) is 10.3. The van der Waals surface area contributed by atoms with Gasteiger partial charge in [0.1, 0.15) is 5.75 Å². The first-order valence-electron chi connectivity index (χ1n) is 3.63. The van der Waals surface area contributed by atoms with Gasteiger partial charge in [0.05, 0.1) is 0 Å². The molecule has 1 amide bonds. The SMILES string of the molecule is Cc1ccccc1OCC([NH])=O. The first kappa shape index (κ1) is 8.59. The molecule has 0 heterocycles. The van der Waals surface area contributed by atoms with Crippen LogP contribution in [-0.2, 0) is 4.79 Å². The third-order valence-corrected chi connectivity index (χ3v) is 1.45. The molecule has 0 aliphatic heterocycles. The highest BCUT2D eigenvalue weighted by molar-refractivity contribution is 5.74. The maximum Gasteiger partial charge on any atom is 0.276 e. The van der Waals surface area contributed by atoms with E-state index in [0.29, 0.717) is 5.75 Å². The number of para-hydroxylation sites is 1. The number of rotatable bonds is 3. The first-order chi connectivity index (χ1) is 5.70. The Labute approximate surface area is 71.1 Å². The van der Waals surface area contributed by atoms with Crippen molar-refractivity contribution in [2.75, 3.05) is 6.61 Å². The number of hydrogen-bond donors (Lipinski definition) is 0. The molecule has 0 bridgehead atoms. The zero-order valence-electron chi connectivity index (χ0n) is 6.83. The van der Waals surface area contributed by atoms with Gasteiger partial charge in [-0.3, -0.25) is 10.5 Å². The normalized spacial score (nSPS) is 9.42. The molecule has 3 nitrogen and oxygen atoms in total. The molecular formula is C9H10NO2. The second kappa shape index (κ2) is 3.76. The summed E-state index contributed by atoms with van der Waals surface area (Å²) in [6.45, 7) is 1.72. The number of aryl methyl sites for hydroxylation is 1. The maximum absolute atomic E-state index is 10.3. The fourth-order valence-corrected chi connectivity index (χ4v) is 0.862. The average Bonchev–Trinajstić information content (AvgIpc) is 2.03. The molecule has 0 aliphatic rings. The van der Waals surface area contributed by atoms with Crippen molar-refractivity contribution < 1.29 is 9.53 Å². The predicted molar refractivity (Wildman–Crippen MR) is 44.8 cm³/mol. The summed E-state index contributed by atoms with van der Waals surface area (Å²) in [6, 6.07) is 7.39. The lowest BCUT2D eigenvalue weighted by Gasteiger charge is -2.05. The highest BCUT2D eigenvalue weighted by Gasteiger charge is 1.99. The van der Waals surface area contributed by atoms with Crippen LogP contribution in [0, 0.1) is 6.92 Å². The molecule has 12 heavy (non-hydrogen) atoms. The monoisotopic (exact) mass is 164 g/mol. The van der Waals surface area contributed by atoms with Crippen molar-refractivity contribution in [3.05, 3.63) is 29.8 Å². The molecule has 0 aliphatic carbocycles. The fraction of sp³-hybridized carbons (Fsp3) is 0.222. The Morgan fingerprint density at radius 1 is 1.50 bits per heavy atom. The van der Waals surface area contributed by atoms with Crippen molar-refractivity contribution >= 4 is 5.91 Å². The minimum Gasteiger partial charge on any atom is -0.483 e. The van der Waals surface area contributed by atoms with E-state index in [1.54, 1.807) is 6.07 Å². The lowest BCUT2D eigenvalue weighted by molar-refractivity contribution is -0.120. The van der Waals surface area contributed by atoms with Crippen molar-refractivity contribution in [1.82, 2.24) is 5.73 Å². The molecule has 1 aromatic carbocycles. The van der Waals surface area contributed by atoms with Gasteiger partial charge in [-0.2, -0.15) is 0 Å². The van der Waals surface area contributed by atoms with Gasteiger partial charge in [-0.1, -0.05) is 18.2 Å². The summed E-state index contributed by atoms with van der Waals surface area (Å²) in [5.74, 6) is -0.0450. The Morgan fingerprint density at radius 3 is 2.75 bits per heavy atom. The summed E-state index contributed by atoms with van der Waals surface area (Å²) in [6.07, 6.45) is 0. The Hall–Kier alpha value is -1.51. The topological polar surface area (TPSA) is 50.1 Å². The smallest absolute Gasteiger partial charge is 0.276 e. The number of carbonyl (C=O) groups excluding carboxylic acids is 1. The number of amides is 1. The van der Waals surface area contributed by atoms with Gasteiger partial charge in [-0.15, -0.1) is 0 Å². The van der Waals surface area contributed by atoms with Crippen molar-refractivity contribution in [2.45, 2.75) is 6.92 Å². The number of benzene rings is 1. The molecule has 0 saturated carbocycles. The third-order valence-electron chi connectivity index (χ3n) is 1.45. The molecule has 63 valence electrons. The Balaban J connectivity index is 2.63. The van der Waals surface area contributed by atoms with Crippen LogP contribution >= 0.6 is 0 Å². The number of nitrogens with one attached hydrogen (secondary N) is 1. The first-order valence-corrected chi connectivity index (χ1v) is 3.63. The van der Waals surface area contributed by atoms with Crippen LogP contribution < -0.4 is 10.5 Å².